The molecule has 18 heavy (non-hydrogen) atoms. The predicted molar refractivity (Wildman–Crippen MR) is 79.0 cm³/mol. The molecule has 0 aromatic heterocycles. The molecule has 0 bridgehead atoms. The fourth-order valence-electron chi connectivity index (χ4n) is 1.69. The Hall–Kier alpha value is -1.67. The predicted octanol–water partition coefficient (Wildman–Crippen LogP) is 4.35. The molecule has 0 amide bonds. The Labute approximate surface area is 115 Å². The quantitative estimate of drug-likeness (QED) is 0.466. The second-order valence-electron chi connectivity index (χ2n) is 3.91. The molecule has 0 aliphatic carbocycles. The van der Waals surface area contributed by atoms with Crippen molar-refractivity contribution in [2.75, 3.05) is 5.33 Å². The lowest BCUT2D eigenvalue weighted by atomic mass is 10.0. The minimum atomic E-state index is 0.0660. The lowest BCUT2D eigenvalue weighted by molar-refractivity contribution is 0.103. The number of allylic oxidation sites excluding steroid dienone is 1. The van der Waals surface area contributed by atoms with E-state index in [0.29, 0.717) is 5.33 Å². The van der Waals surface area contributed by atoms with Crippen LogP contribution < -0.4 is 0 Å². The molecule has 0 heterocycles. The number of carbonyl (C=O) groups excluding carboxylic acids is 1. The van der Waals surface area contributed by atoms with Crippen molar-refractivity contribution in [3.05, 3.63) is 77.4 Å². The van der Waals surface area contributed by atoms with Gasteiger partial charge in [-0.1, -0.05) is 76.6 Å². The lowest BCUT2D eigenvalue weighted by Crippen LogP contribution is -2.04. The third kappa shape index (κ3) is 3.17. The largest absolute Gasteiger partial charge is 0.289 e. The maximum Gasteiger partial charge on any atom is 0.189 e. The van der Waals surface area contributed by atoms with Gasteiger partial charge in [0.05, 0.1) is 0 Å². The molecule has 90 valence electrons. The molecule has 2 heteroatoms. The molecule has 0 fully saturated rings. The van der Waals surface area contributed by atoms with Gasteiger partial charge in [0.2, 0.25) is 0 Å². The van der Waals surface area contributed by atoms with Crippen LogP contribution in [0.5, 0.6) is 0 Å². The van der Waals surface area contributed by atoms with Crippen molar-refractivity contribution in [2.45, 2.75) is 0 Å². The second kappa shape index (κ2) is 6.31. The molecule has 2 aromatic rings. The molecule has 2 rings (SSSR count). The van der Waals surface area contributed by atoms with Crippen molar-refractivity contribution in [3.63, 3.8) is 0 Å². The van der Waals surface area contributed by atoms with Crippen LogP contribution >= 0.6 is 15.9 Å². The van der Waals surface area contributed by atoms with Crippen molar-refractivity contribution >= 4 is 27.8 Å². The first kappa shape index (κ1) is 12.8. The Bertz CT molecular complexity index is 544. The highest BCUT2D eigenvalue weighted by atomic mass is 79.9. The van der Waals surface area contributed by atoms with Gasteiger partial charge in [-0.15, -0.1) is 0 Å². The van der Waals surface area contributed by atoms with Crippen LogP contribution in [0.3, 0.4) is 0 Å². The van der Waals surface area contributed by atoms with E-state index in [9.17, 15) is 4.79 Å². The van der Waals surface area contributed by atoms with Gasteiger partial charge in [0.1, 0.15) is 0 Å². The molecule has 0 N–H and O–H groups in total. The maximum atomic E-state index is 12.3. The van der Waals surface area contributed by atoms with E-state index in [0.717, 1.165) is 16.7 Å². The average molecular weight is 301 g/mol. The minimum Gasteiger partial charge on any atom is -0.289 e. The first-order chi connectivity index (χ1) is 8.81. The summed E-state index contributed by atoms with van der Waals surface area (Å²) >= 11 is 3.38. The van der Waals surface area contributed by atoms with Crippen LogP contribution in [-0.4, -0.2) is 11.1 Å². The highest BCUT2D eigenvalue weighted by Gasteiger charge is 2.10. The van der Waals surface area contributed by atoms with Gasteiger partial charge >= 0.3 is 0 Å². The van der Waals surface area contributed by atoms with E-state index in [4.69, 9.17) is 0 Å². The monoisotopic (exact) mass is 300 g/mol. The summed E-state index contributed by atoms with van der Waals surface area (Å²) in [5.74, 6) is 0.0660. The van der Waals surface area contributed by atoms with Crippen LogP contribution in [0.15, 0.2) is 66.2 Å². The molecule has 0 saturated heterocycles. The first-order valence-electron chi connectivity index (χ1n) is 5.72. The fourth-order valence-corrected chi connectivity index (χ4v) is 2.11. The van der Waals surface area contributed by atoms with Gasteiger partial charge in [0, 0.05) is 16.5 Å². The van der Waals surface area contributed by atoms with Crippen molar-refractivity contribution in [2.24, 2.45) is 0 Å². The molecule has 0 atom stereocenters. The highest BCUT2D eigenvalue weighted by Crippen LogP contribution is 2.14. The van der Waals surface area contributed by atoms with Crippen LogP contribution in [0.1, 0.15) is 15.9 Å². The van der Waals surface area contributed by atoms with E-state index in [1.807, 2.05) is 66.7 Å². The van der Waals surface area contributed by atoms with E-state index < -0.39 is 0 Å². The van der Waals surface area contributed by atoms with Gasteiger partial charge in [-0.2, -0.15) is 0 Å². The van der Waals surface area contributed by atoms with Gasteiger partial charge in [-0.3, -0.25) is 4.79 Å². The zero-order chi connectivity index (χ0) is 12.8. The summed E-state index contributed by atoms with van der Waals surface area (Å²) in [4.78, 5) is 12.3. The fraction of sp³-hybridized carbons (Fsp3) is 0.0625. The van der Waals surface area contributed by atoms with E-state index in [-0.39, 0.29) is 5.78 Å². The Kier molecular flexibility index (Phi) is 4.48. The number of hydrogen-bond donors (Lipinski definition) is 0. The molecule has 2 aromatic carbocycles. The van der Waals surface area contributed by atoms with Crippen molar-refractivity contribution in [1.82, 2.24) is 0 Å². The van der Waals surface area contributed by atoms with Gasteiger partial charge in [-0.05, 0) is 11.6 Å². The second-order valence-corrected chi connectivity index (χ2v) is 4.47. The van der Waals surface area contributed by atoms with Gasteiger partial charge < -0.3 is 0 Å². The summed E-state index contributed by atoms with van der Waals surface area (Å²) in [6.07, 6.45) is 1.92. The average Bonchev–Trinajstić information content (AvgIpc) is 2.46. The molecular weight excluding hydrogens is 288 g/mol. The number of carbonyl (C=O) groups is 1. The Morgan fingerprint density at radius 1 is 0.944 bits per heavy atom. The number of Topliss-reactive ketones (excluding diaryl/α,β-unsaturated/α-hetero) is 1. The summed E-state index contributed by atoms with van der Waals surface area (Å²) in [6, 6.07) is 19.2. The summed E-state index contributed by atoms with van der Waals surface area (Å²) in [7, 11) is 0. The van der Waals surface area contributed by atoms with E-state index >= 15 is 0 Å². The maximum absolute atomic E-state index is 12.3. The molecule has 0 aliphatic rings. The molecule has 1 nitrogen and oxygen atoms in total. The number of hydrogen-bond acceptors (Lipinski definition) is 1. The number of halogens is 1. The lowest BCUT2D eigenvalue weighted by Gasteiger charge is -2.03. The van der Waals surface area contributed by atoms with E-state index in [1.165, 1.54) is 0 Å². The van der Waals surface area contributed by atoms with Crippen molar-refractivity contribution in [1.29, 1.82) is 0 Å². The zero-order valence-corrected chi connectivity index (χ0v) is 11.4. The Morgan fingerprint density at radius 2 is 1.50 bits per heavy atom. The normalized spacial score (nSPS) is 11.3. The number of alkyl halides is 1. The third-order valence-electron chi connectivity index (χ3n) is 2.61. The summed E-state index contributed by atoms with van der Waals surface area (Å²) < 4.78 is 0. The van der Waals surface area contributed by atoms with Gasteiger partial charge in [0.15, 0.2) is 5.78 Å². The van der Waals surface area contributed by atoms with Gasteiger partial charge in [-0.25, -0.2) is 0 Å². The first-order valence-corrected chi connectivity index (χ1v) is 6.85. The highest BCUT2D eigenvalue weighted by molar-refractivity contribution is 9.09. The van der Waals surface area contributed by atoms with Crippen LogP contribution in [0.2, 0.25) is 0 Å². The topological polar surface area (TPSA) is 17.1 Å². The summed E-state index contributed by atoms with van der Waals surface area (Å²) in [5, 5.41) is 0.551. The van der Waals surface area contributed by atoms with Crippen LogP contribution in [0.25, 0.3) is 6.08 Å². The Morgan fingerprint density at radius 3 is 2.06 bits per heavy atom. The molecule has 0 unspecified atom stereocenters. The third-order valence-corrected chi connectivity index (χ3v) is 3.22. The van der Waals surface area contributed by atoms with Crippen LogP contribution in [0, 0.1) is 0 Å². The van der Waals surface area contributed by atoms with E-state index in [1.54, 1.807) is 0 Å². The molecule has 0 aliphatic heterocycles. The molecule has 0 saturated carbocycles. The van der Waals surface area contributed by atoms with Crippen molar-refractivity contribution in [3.8, 4) is 0 Å². The standard InChI is InChI=1S/C16H13BrO/c17-12-15(11-13-7-3-1-4-8-13)16(18)14-9-5-2-6-10-14/h1-11H,12H2. The van der Waals surface area contributed by atoms with Crippen molar-refractivity contribution < 1.29 is 4.79 Å². The molecule has 0 spiro atoms. The SMILES string of the molecule is O=C(C(=Cc1ccccc1)CBr)c1ccccc1. The smallest absolute Gasteiger partial charge is 0.189 e. The molecular formula is C16H13BrO. The zero-order valence-electron chi connectivity index (χ0n) is 9.84. The number of rotatable bonds is 4. The summed E-state index contributed by atoms with van der Waals surface area (Å²) in [5.41, 5.74) is 2.52. The molecule has 0 radical (unpaired) electrons. The van der Waals surface area contributed by atoms with Crippen LogP contribution in [0.4, 0.5) is 0 Å². The number of benzene rings is 2. The summed E-state index contributed by atoms with van der Waals surface area (Å²) in [6.45, 7) is 0. The van der Waals surface area contributed by atoms with Gasteiger partial charge in [0.25, 0.3) is 0 Å². The van der Waals surface area contributed by atoms with E-state index in [2.05, 4.69) is 15.9 Å². The Balaban J connectivity index is 2.30. The minimum absolute atomic E-state index is 0.0660. The van der Waals surface area contributed by atoms with Crippen LogP contribution in [-0.2, 0) is 0 Å². The number of ketones is 1.